The van der Waals surface area contributed by atoms with Crippen LogP contribution < -0.4 is 0 Å². The van der Waals surface area contributed by atoms with E-state index in [9.17, 15) is 4.79 Å². The van der Waals surface area contributed by atoms with Crippen LogP contribution in [-0.2, 0) is 0 Å². The van der Waals surface area contributed by atoms with E-state index < -0.39 is 0 Å². The monoisotopic (exact) mass is 232 g/mol. The molecular weight excluding hydrogens is 208 g/mol. The minimum Gasteiger partial charge on any atom is -0.294 e. The van der Waals surface area contributed by atoms with Gasteiger partial charge in [0.05, 0.1) is 0 Å². The van der Waals surface area contributed by atoms with E-state index >= 15 is 0 Å². The van der Waals surface area contributed by atoms with E-state index in [0.29, 0.717) is 17.8 Å². The maximum Gasteiger partial charge on any atom is 0.163 e. The Morgan fingerprint density at radius 3 is 2.24 bits per heavy atom. The van der Waals surface area contributed by atoms with Gasteiger partial charge in [-0.3, -0.25) is 4.79 Å². The van der Waals surface area contributed by atoms with E-state index in [1.807, 2.05) is 30.3 Å². The van der Waals surface area contributed by atoms with Crippen LogP contribution in [0.5, 0.6) is 0 Å². The van der Waals surface area contributed by atoms with Crippen LogP contribution in [-0.4, -0.2) is 5.78 Å². The summed E-state index contributed by atoms with van der Waals surface area (Å²) in [5.41, 5.74) is 1.15. The number of carbonyl (C=O) groups excluding carboxylic acids is 1. The molecule has 0 saturated heterocycles. The van der Waals surface area contributed by atoms with Crippen molar-refractivity contribution in [2.45, 2.75) is 47.0 Å². The van der Waals surface area contributed by atoms with E-state index in [1.54, 1.807) is 0 Å². The van der Waals surface area contributed by atoms with Crippen LogP contribution in [0.4, 0.5) is 0 Å². The summed E-state index contributed by atoms with van der Waals surface area (Å²) in [4.78, 5) is 12.1. The molecule has 0 spiro atoms. The highest BCUT2D eigenvalue weighted by atomic mass is 16.1. The third kappa shape index (κ3) is 5.16. The van der Waals surface area contributed by atoms with Gasteiger partial charge in [0.2, 0.25) is 0 Å². The van der Waals surface area contributed by atoms with Gasteiger partial charge in [-0.05, 0) is 17.8 Å². The Balaban J connectivity index is 2.60. The van der Waals surface area contributed by atoms with Crippen LogP contribution in [0.15, 0.2) is 30.3 Å². The number of hydrogen-bond donors (Lipinski definition) is 0. The quantitative estimate of drug-likeness (QED) is 0.671. The third-order valence-corrected chi connectivity index (χ3v) is 3.05. The summed E-state index contributed by atoms with van der Waals surface area (Å²) in [5, 5.41) is 0. The zero-order valence-corrected chi connectivity index (χ0v) is 11.5. The van der Waals surface area contributed by atoms with E-state index in [-0.39, 0.29) is 5.78 Å². The predicted octanol–water partition coefficient (Wildman–Crippen LogP) is 4.72. The first-order chi connectivity index (χ1) is 7.92. The maximum absolute atomic E-state index is 12.1. The number of rotatable bonds is 5. The summed E-state index contributed by atoms with van der Waals surface area (Å²) in [5.74, 6) is 0.782. The first-order valence-corrected chi connectivity index (χ1v) is 6.50. The molecule has 17 heavy (non-hydrogen) atoms. The van der Waals surface area contributed by atoms with Gasteiger partial charge in [0.25, 0.3) is 0 Å². The SMILES string of the molecule is CC[C@@H](CC(=O)c1ccccc1)CC(C)(C)C. The predicted molar refractivity (Wildman–Crippen MR) is 73.2 cm³/mol. The van der Waals surface area contributed by atoms with Crippen LogP contribution in [0.1, 0.15) is 57.3 Å². The average Bonchev–Trinajstić information content (AvgIpc) is 2.27. The molecule has 1 aromatic rings. The molecule has 0 N–H and O–H groups in total. The van der Waals surface area contributed by atoms with Crippen molar-refractivity contribution in [2.24, 2.45) is 11.3 Å². The molecule has 1 atom stereocenters. The Labute approximate surface area is 105 Å². The molecule has 0 amide bonds. The molecule has 1 rings (SSSR count). The number of carbonyl (C=O) groups is 1. The van der Waals surface area contributed by atoms with Gasteiger partial charge >= 0.3 is 0 Å². The Kier molecular flexibility index (Phi) is 4.92. The van der Waals surface area contributed by atoms with Gasteiger partial charge in [0, 0.05) is 12.0 Å². The second-order valence-electron chi connectivity index (χ2n) is 6.03. The maximum atomic E-state index is 12.1. The lowest BCUT2D eigenvalue weighted by Crippen LogP contribution is -2.16. The van der Waals surface area contributed by atoms with Gasteiger partial charge in [0.15, 0.2) is 5.78 Å². The smallest absolute Gasteiger partial charge is 0.163 e. The van der Waals surface area contributed by atoms with E-state index in [0.717, 1.165) is 18.4 Å². The van der Waals surface area contributed by atoms with Crippen molar-refractivity contribution in [3.63, 3.8) is 0 Å². The first-order valence-electron chi connectivity index (χ1n) is 6.50. The summed E-state index contributed by atoms with van der Waals surface area (Å²) in [7, 11) is 0. The summed E-state index contributed by atoms with van der Waals surface area (Å²) in [6, 6.07) is 9.62. The zero-order valence-electron chi connectivity index (χ0n) is 11.5. The molecular formula is C16H24O. The molecule has 0 aliphatic carbocycles. The Morgan fingerprint density at radius 2 is 1.76 bits per heavy atom. The number of hydrogen-bond acceptors (Lipinski definition) is 1. The van der Waals surface area contributed by atoms with Crippen molar-refractivity contribution < 1.29 is 4.79 Å². The molecule has 1 aromatic carbocycles. The van der Waals surface area contributed by atoms with Crippen molar-refractivity contribution in [1.82, 2.24) is 0 Å². The van der Waals surface area contributed by atoms with Gasteiger partial charge in [-0.2, -0.15) is 0 Å². The van der Waals surface area contributed by atoms with E-state index in [2.05, 4.69) is 27.7 Å². The molecule has 0 saturated carbocycles. The van der Waals surface area contributed by atoms with Crippen molar-refractivity contribution in [3.8, 4) is 0 Å². The number of Topliss-reactive ketones (excluding diaryl/α,β-unsaturated/α-hetero) is 1. The highest BCUT2D eigenvalue weighted by molar-refractivity contribution is 5.96. The number of benzene rings is 1. The van der Waals surface area contributed by atoms with Crippen LogP contribution >= 0.6 is 0 Å². The third-order valence-electron chi connectivity index (χ3n) is 3.05. The fourth-order valence-electron chi connectivity index (χ4n) is 2.23. The van der Waals surface area contributed by atoms with Crippen LogP contribution in [0.3, 0.4) is 0 Å². The van der Waals surface area contributed by atoms with Gasteiger partial charge in [0.1, 0.15) is 0 Å². The fourth-order valence-corrected chi connectivity index (χ4v) is 2.23. The molecule has 0 bridgehead atoms. The second kappa shape index (κ2) is 6.00. The highest BCUT2D eigenvalue weighted by Gasteiger charge is 2.20. The topological polar surface area (TPSA) is 17.1 Å². The standard InChI is InChI=1S/C16H24O/c1-5-13(12-16(2,3)4)11-15(17)14-9-7-6-8-10-14/h6-10,13H,5,11-12H2,1-4H3/t13-/m0/s1. The zero-order chi connectivity index (χ0) is 12.9. The van der Waals surface area contributed by atoms with Crippen LogP contribution in [0.2, 0.25) is 0 Å². The Morgan fingerprint density at radius 1 is 1.18 bits per heavy atom. The number of ketones is 1. The largest absolute Gasteiger partial charge is 0.294 e. The molecule has 0 aliphatic rings. The second-order valence-corrected chi connectivity index (χ2v) is 6.03. The fraction of sp³-hybridized carbons (Fsp3) is 0.562. The molecule has 0 aliphatic heterocycles. The van der Waals surface area contributed by atoms with Gasteiger partial charge < -0.3 is 0 Å². The lowest BCUT2D eigenvalue weighted by molar-refractivity contribution is 0.0947. The average molecular weight is 232 g/mol. The van der Waals surface area contributed by atoms with Crippen molar-refractivity contribution in [3.05, 3.63) is 35.9 Å². The lowest BCUT2D eigenvalue weighted by atomic mass is 9.81. The van der Waals surface area contributed by atoms with Crippen molar-refractivity contribution in [1.29, 1.82) is 0 Å². The minimum atomic E-state index is 0.279. The van der Waals surface area contributed by atoms with Gasteiger partial charge in [-0.1, -0.05) is 64.4 Å². The summed E-state index contributed by atoms with van der Waals surface area (Å²) in [6.45, 7) is 8.89. The molecule has 94 valence electrons. The highest BCUT2D eigenvalue weighted by Crippen LogP contribution is 2.29. The van der Waals surface area contributed by atoms with E-state index in [1.165, 1.54) is 0 Å². The van der Waals surface area contributed by atoms with Crippen molar-refractivity contribution >= 4 is 5.78 Å². The molecule has 1 heteroatoms. The Hall–Kier alpha value is -1.11. The molecule has 0 fully saturated rings. The summed E-state index contributed by atoms with van der Waals surface area (Å²) in [6.07, 6.45) is 2.87. The molecule has 1 nitrogen and oxygen atoms in total. The van der Waals surface area contributed by atoms with E-state index in [4.69, 9.17) is 0 Å². The summed E-state index contributed by atoms with van der Waals surface area (Å²) < 4.78 is 0. The van der Waals surface area contributed by atoms with Crippen LogP contribution in [0, 0.1) is 11.3 Å². The molecule has 0 unspecified atom stereocenters. The van der Waals surface area contributed by atoms with Gasteiger partial charge in [-0.15, -0.1) is 0 Å². The lowest BCUT2D eigenvalue weighted by Gasteiger charge is -2.24. The molecule has 0 radical (unpaired) electrons. The molecule has 0 aromatic heterocycles. The molecule has 0 heterocycles. The van der Waals surface area contributed by atoms with Gasteiger partial charge in [-0.25, -0.2) is 0 Å². The van der Waals surface area contributed by atoms with Crippen molar-refractivity contribution in [2.75, 3.05) is 0 Å². The minimum absolute atomic E-state index is 0.279. The Bertz CT molecular complexity index is 346. The van der Waals surface area contributed by atoms with Crippen LogP contribution in [0.25, 0.3) is 0 Å². The summed E-state index contributed by atoms with van der Waals surface area (Å²) >= 11 is 0. The normalized spacial score (nSPS) is 13.4. The first kappa shape index (κ1) is 14.0.